The van der Waals surface area contributed by atoms with Gasteiger partial charge < -0.3 is 13.7 Å². The van der Waals surface area contributed by atoms with Gasteiger partial charge >= 0.3 is 11.9 Å². The summed E-state index contributed by atoms with van der Waals surface area (Å²) in [5.41, 5.74) is 0.376. The second-order valence-corrected chi connectivity index (χ2v) is 3.74. The van der Waals surface area contributed by atoms with Crippen molar-refractivity contribution >= 4 is 11.9 Å². The van der Waals surface area contributed by atoms with E-state index in [0.717, 1.165) is 0 Å². The Bertz CT molecular complexity index is 599. The largest absolute Gasteiger partial charge is 0.461 e. The maximum atomic E-state index is 11.6. The van der Waals surface area contributed by atoms with Gasteiger partial charge in [-0.3, -0.25) is 10.1 Å². The third kappa shape index (κ3) is 2.82. The third-order valence-electron chi connectivity index (χ3n) is 2.47. The maximum Gasteiger partial charge on any atom is 0.433 e. The van der Waals surface area contributed by atoms with Gasteiger partial charge in [0.25, 0.3) is 0 Å². The van der Waals surface area contributed by atoms with Crippen LogP contribution in [0.25, 0.3) is 0 Å². The summed E-state index contributed by atoms with van der Waals surface area (Å²) in [7, 11) is 0. The number of ether oxygens (including phenoxy) is 1. The molecule has 0 saturated carbocycles. The lowest BCUT2D eigenvalue weighted by Gasteiger charge is -2.06. The predicted molar refractivity (Wildman–Crippen MR) is 64.9 cm³/mol. The van der Waals surface area contributed by atoms with Crippen molar-refractivity contribution in [2.24, 2.45) is 0 Å². The topological polar surface area (TPSA) is 87.5 Å². The fraction of sp³-hybridized carbons (Fsp3) is 0.250. The molecule has 0 N–H and O–H groups in total. The molecule has 0 aliphatic carbocycles. The second-order valence-electron chi connectivity index (χ2n) is 3.74. The fourth-order valence-electron chi connectivity index (χ4n) is 1.66. The molecular weight excluding hydrogens is 252 g/mol. The van der Waals surface area contributed by atoms with Crippen LogP contribution in [0.4, 0.5) is 5.88 Å². The van der Waals surface area contributed by atoms with E-state index in [1.54, 1.807) is 29.8 Å². The SMILES string of the molecule is CCOC(=O)c1cccn1Cc1ccc([N+](=O)[O-])o1. The van der Waals surface area contributed by atoms with Crippen LogP contribution < -0.4 is 0 Å². The summed E-state index contributed by atoms with van der Waals surface area (Å²) in [6.45, 7) is 2.24. The van der Waals surface area contributed by atoms with Gasteiger partial charge in [0.15, 0.2) is 0 Å². The highest BCUT2D eigenvalue weighted by molar-refractivity contribution is 5.87. The normalized spacial score (nSPS) is 10.4. The predicted octanol–water partition coefficient (Wildman–Crippen LogP) is 2.21. The molecule has 0 saturated heterocycles. The molecule has 2 aromatic heterocycles. The Labute approximate surface area is 108 Å². The summed E-state index contributed by atoms with van der Waals surface area (Å²) in [5, 5.41) is 10.5. The van der Waals surface area contributed by atoms with Gasteiger partial charge in [-0.05, 0) is 25.1 Å². The Morgan fingerprint density at radius 3 is 2.89 bits per heavy atom. The van der Waals surface area contributed by atoms with Crippen LogP contribution in [0.5, 0.6) is 0 Å². The lowest BCUT2D eigenvalue weighted by Crippen LogP contribution is -2.12. The zero-order chi connectivity index (χ0) is 13.8. The number of carbonyl (C=O) groups is 1. The molecule has 2 rings (SSSR count). The first-order valence-electron chi connectivity index (χ1n) is 5.67. The fourth-order valence-corrected chi connectivity index (χ4v) is 1.66. The van der Waals surface area contributed by atoms with Crippen molar-refractivity contribution in [3.63, 3.8) is 0 Å². The van der Waals surface area contributed by atoms with Gasteiger partial charge in [-0.1, -0.05) is 0 Å². The average molecular weight is 264 g/mol. The Hall–Kier alpha value is -2.57. The number of nitro groups is 1. The van der Waals surface area contributed by atoms with Gasteiger partial charge in [-0.2, -0.15) is 0 Å². The standard InChI is InChI=1S/C12H12N2O5/c1-2-18-12(15)10-4-3-7-13(10)8-9-5-6-11(19-9)14(16)17/h3-7H,2,8H2,1H3. The van der Waals surface area contributed by atoms with Gasteiger partial charge in [-0.25, -0.2) is 4.79 Å². The molecule has 0 aliphatic heterocycles. The molecule has 0 bridgehead atoms. The summed E-state index contributed by atoms with van der Waals surface area (Å²) in [5.74, 6) is -0.359. The molecule has 0 atom stereocenters. The summed E-state index contributed by atoms with van der Waals surface area (Å²) < 4.78 is 11.6. The lowest BCUT2D eigenvalue weighted by molar-refractivity contribution is -0.402. The zero-order valence-electron chi connectivity index (χ0n) is 10.2. The molecule has 19 heavy (non-hydrogen) atoms. The monoisotopic (exact) mass is 264 g/mol. The minimum atomic E-state index is -0.606. The minimum Gasteiger partial charge on any atom is -0.461 e. The summed E-state index contributed by atoms with van der Waals surface area (Å²) in [6, 6.07) is 6.11. The molecule has 100 valence electrons. The third-order valence-corrected chi connectivity index (χ3v) is 2.47. The Morgan fingerprint density at radius 1 is 1.47 bits per heavy atom. The molecule has 2 heterocycles. The number of rotatable bonds is 5. The van der Waals surface area contributed by atoms with Crippen molar-refractivity contribution in [3.05, 3.63) is 52.0 Å². The molecule has 0 radical (unpaired) electrons. The Balaban J connectivity index is 2.17. The first-order chi connectivity index (χ1) is 9.11. The van der Waals surface area contributed by atoms with Crippen molar-refractivity contribution in [1.82, 2.24) is 4.57 Å². The Kier molecular flexibility index (Phi) is 3.65. The molecule has 0 aliphatic rings. The number of carbonyl (C=O) groups excluding carboxylic acids is 1. The van der Waals surface area contributed by atoms with Crippen LogP contribution in [0.15, 0.2) is 34.9 Å². The van der Waals surface area contributed by atoms with Gasteiger partial charge in [0.2, 0.25) is 0 Å². The van der Waals surface area contributed by atoms with Crippen molar-refractivity contribution in [2.45, 2.75) is 13.5 Å². The highest BCUT2D eigenvalue weighted by Gasteiger charge is 2.15. The van der Waals surface area contributed by atoms with Crippen LogP contribution in [0, 0.1) is 10.1 Å². The van der Waals surface area contributed by atoms with Crippen LogP contribution in [-0.2, 0) is 11.3 Å². The summed E-state index contributed by atoms with van der Waals surface area (Å²) in [6.07, 6.45) is 1.68. The molecule has 0 aromatic carbocycles. The summed E-state index contributed by atoms with van der Waals surface area (Å²) >= 11 is 0. The van der Waals surface area contributed by atoms with Crippen molar-refractivity contribution in [1.29, 1.82) is 0 Å². The van der Waals surface area contributed by atoms with Crippen LogP contribution in [0.2, 0.25) is 0 Å². The second kappa shape index (κ2) is 5.38. The number of hydrogen-bond donors (Lipinski definition) is 0. The van der Waals surface area contributed by atoms with Gasteiger partial charge in [0.1, 0.15) is 16.4 Å². The molecule has 0 fully saturated rings. The number of esters is 1. The highest BCUT2D eigenvalue weighted by atomic mass is 16.6. The van der Waals surface area contributed by atoms with E-state index in [2.05, 4.69) is 0 Å². The van der Waals surface area contributed by atoms with Gasteiger partial charge in [0.05, 0.1) is 19.2 Å². The maximum absolute atomic E-state index is 11.6. The molecule has 0 unspecified atom stereocenters. The van der Waals surface area contributed by atoms with E-state index in [1.165, 1.54) is 12.1 Å². The smallest absolute Gasteiger partial charge is 0.433 e. The van der Waals surface area contributed by atoms with E-state index in [4.69, 9.17) is 9.15 Å². The number of aromatic nitrogens is 1. The molecule has 7 nitrogen and oxygen atoms in total. The zero-order valence-corrected chi connectivity index (χ0v) is 10.2. The van der Waals surface area contributed by atoms with Crippen LogP contribution in [0.3, 0.4) is 0 Å². The first kappa shape index (κ1) is 12.9. The van der Waals surface area contributed by atoms with E-state index < -0.39 is 10.9 Å². The van der Waals surface area contributed by atoms with E-state index in [0.29, 0.717) is 11.5 Å². The van der Waals surface area contributed by atoms with Crippen LogP contribution in [0.1, 0.15) is 23.2 Å². The molecule has 0 amide bonds. The van der Waals surface area contributed by atoms with Crippen molar-refractivity contribution in [3.8, 4) is 0 Å². The average Bonchev–Trinajstić information content (AvgIpc) is 2.99. The van der Waals surface area contributed by atoms with Crippen LogP contribution in [-0.4, -0.2) is 22.1 Å². The van der Waals surface area contributed by atoms with E-state index >= 15 is 0 Å². The van der Waals surface area contributed by atoms with Crippen molar-refractivity contribution < 1.29 is 18.9 Å². The molecule has 0 spiro atoms. The number of furan rings is 1. The number of nitrogens with zero attached hydrogens (tertiary/aromatic N) is 2. The summed E-state index contributed by atoms with van der Waals surface area (Å²) in [4.78, 5) is 21.6. The van der Waals surface area contributed by atoms with E-state index in [-0.39, 0.29) is 19.0 Å². The van der Waals surface area contributed by atoms with E-state index in [1.807, 2.05) is 0 Å². The number of hydrogen-bond acceptors (Lipinski definition) is 5. The highest BCUT2D eigenvalue weighted by Crippen LogP contribution is 2.17. The van der Waals surface area contributed by atoms with Crippen LogP contribution >= 0.6 is 0 Å². The molecular formula is C12H12N2O5. The van der Waals surface area contributed by atoms with Crippen molar-refractivity contribution in [2.75, 3.05) is 6.61 Å². The van der Waals surface area contributed by atoms with Gasteiger partial charge in [-0.15, -0.1) is 0 Å². The Morgan fingerprint density at radius 2 is 2.26 bits per heavy atom. The lowest BCUT2D eigenvalue weighted by atomic mass is 10.4. The minimum absolute atomic E-state index is 0.231. The van der Waals surface area contributed by atoms with Gasteiger partial charge in [0, 0.05) is 6.20 Å². The van der Waals surface area contributed by atoms with E-state index in [9.17, 15) is 14.9 Å². The first-order valence-corrected chi connectivity index (χ1v) is 5.67. The molecule has 2 aromatic rings. The quantitative estimate of drug-likeness (QED) is 0.469. The molecule has 7 heteroatoms.